The van der Waals surface area contributed by atoms with Gasteiger partial charge in [0.2, 0.25) is 0 Å². The maximum Gasteiger partial charge on any atom is 0.135 e. The molecule has 0 atom stereocenters. The van der Waals surface area contributed by atoms with Crippen molar-refractivity contribution in [1.82, 2.24) is 4.98 Å². The van der Waals surface area contributed by atoms with Gasteiger partial charge in [0, 0.05) is 12.5 Å². The summed E-state index contributed by atoms with van der Waals surface area (Å²) in [4.78, 5) is 4.04. The minimum atomic E-state index is 0.907. The van der Waals surface area contributed by atoms with Crippen LogP contribution in [0.1, 0.15) is 13.8 Å². The van der Waals surface area contributed by atoms with E-state index in [1.54, 1.807) is 18.1 Å². The van der Waals surface area contributed by atoms with Crippen LogP contribution in [-0.4, -0.2) is 11.2 Å². The summed E-state index contributed by atoms with van der Waals surface area (Å²) in [6.07, 6.45) is 3.73. The summed E-state index contributed by atoms with van der Waals surface area (Å²) in [6.45, 7) is 4.00. The van der Waals surface area contributed by atoms with E-state index in [1.165, 1.54) is 0 Å². The van der Waals surface area contributed by atoms with E-state index in [1.807, 2.05) is 38.3 Å². The Morgan fingerprint density at radius 3 is 2.55 bits per heavy atom. The number of rotatable bonds is 2. The predicted octanol–water partition coefficient (Wildman–Crippen LogP) is 2.80. The van der Waals surface area contributed by atoms with Crippen LogP contribution in [0.4, 0.5) is 5.82 Å². The van der Waals surface area contributed by atoms with Crippen molar-refractivity contribution in [2.75, 3.05) is 11.0 Å². The quantitative estimate of drug-likeness (QED) is 0.691. The topological polar surface area (TPSA) is 24.9 Å². The van der Waals surface area contributed by atoms with Crippen molar-refractivity contribution >= 4 is 17.8 Å². The lowest BCUT2D eigenvalue weighted by Crippen LogP contribution is -1.85. The molecule has 0 aliphatic carbocycles. The second-order valence-electron chi connectivity index (χ2n) is 1.52. The van der Waals surface area contributed by atoms with Crippen molar-refractivity contribution in [2.24, 2.45) is 0 Å². The third-order valence-corrected chi connectivity index (χ3v) is 1.28. The monoisotopic (exact) mass is 170 g/mol. The molecule has 11 heavy (non-hydrogen) atoms. The summed E-state index contributed by atoms with van der Waals surface area (Å²) in [5.41, 5.74) is 0. The highest BCUT2D eigenvalue weighted by Crippen LogP contribution is 2.03. The Balaban J connectivity index is 0.000000461. The van der Waals surface area contributed by atoms with Crippen LogP contribution in [0, 0.1) is 0 Å². The highest BCUT2D eigenvalue weighted by molar-refractivity contribution is 7.99. The van der Waals surface area contributed by atoms with E-state index in [0.29, 0.717) is 0 Å². The Kier molecular flexibility index (Phi) is 6.94. The van der Waals surface area contributed by atoms with E-state index in [9.17, 15) is 0 Å². The Morgan fingerprint density at radius 2 is 2.09 bits per heavy atom. The molecule has 1 rings (SSSR count). The number of hydrogen-bond donors (Lipinski definition) is 1. The van der Waals surface area contributed by atoms with Crippen LogP contribution in [0.25, 0.3) is 0 Å². The zero-order valence-corrected chi connectivity index (χ0v) is 7.98. The summed E-state index contributed by atoms with van der Waals surface area (Å²) in [7, 11) is 0. The molecule has 1 aromatic rings. The lowest BCUT2D eigenvalue weighted by atomic mass is 10.5. The number of pyridine rings is 1. The Morgan fingerprint density at radius 1 is 1.36 bits per heavy atom. The molecule has 0 spiro atoms. The van der Waals surface area contributed by atoms with Crippen LogP contribution in [0.15, 0.2) is 24.4 Å². The molecule has 0 amide bonds. The van der Waals surface area contributed by atoms with E-state index >= 15 is 0 Å². The van der Waals surface area contributed by atoms with E-state index in [-0.39, 0.29) is 0 Å². The number of anilines is 1. The maximum atomic E-state index is 4.04. The van der Waals surface area contributed by atoms with Crippen molar-refractivity contribution < 1.29 is 0 Å². The molecular formula is C8H14N2S. The van der Waals surface area contributed by atoms with Crippen LogP contribution < -0.4 is 4.72 Å². The van der Waals surface area contributed by atoms with E-state index in [0.717, 1.165) is 5.82 Å². The van der Waals surface area contributed by atoms with Gasteiger partial charge in [-0.15, -0.1) is 0 Å². The second-order valence-corrected chi connectivity index (χ2v) is 2.13. The first kappa shape index (κ1) is 10.3. The van der Waals surface area contributed by atoms with Gasteiger partial charge in [0.05, 0.1) is 0 Å². The molecule has 1 aromatic heterocycles. The molecule has 0 saturated heterocycles. The van der Waals surface area contributed by atoms with Crippen molar-refractivity contribution in [1.29, 1.82) is 0 Å². The van der Waals surface area contributed by atoms with Crippen LogP contribution >= 0.6 is 11.9 Å². The predicted molar refractivity (Wildman–Crippen MR) is 52.7 cm³/mol. The second kappa shape index (κ2) is 7.41. The molecule has 0 fully saturated rings. The fraction of sp³-hybridized carbons (Fsp3) is 0.375. The average Bonchev–Trinajstić information content (AvgIpc) is 2.11. The third kappa shape index (κ3) is 4.67. The zero-order valence-electron chi connectivity index (χ0n) is 7.16. The fourth-order valence-electron chi connectivity index (χ4n) is 0.528. The van der Waals surface area contributed by atoms with Crippen molar-refractivity contribution in [2.45, 2.75) is 13.8 Å². The van der Waals surface area contributed by atoms with Gasteiger partial charge in [0.15, 0.2) is 0 Å². The summed E-state index contributed by atoms with van der Waals surface area (Å²) < 4.78 is 3.01. The fourth-order valence-corrected chi connectivity index (χ4v) is 0.858. The van der Waals surface area contributed by atoms with Crippen LogP contribution in [-0.2, 0) is 0 Å². The lowest BCUT2D eigenvalue weighted by molar-refractivity contribution is 1.34. The zero-order chi connectivity index (χ0) is 8.53. The van der Waals surface area contributed by atoms with Gasteiger partial charge >= 0.3 is 0 Å². The van der Waals surface area contributed by atoms with E-state index < -0.39 is 0 Å². The molecule has 1 N–H and O–H groups in total. The van der Waals surface area contributed by atoms with Gasteiger partial charge in [-0.2, -0.15) is 0 Å². The Labute approximate surface area is 72.6 Å². The van der Waals surface area contributed by atoms with Crippen molar-refractivity contribution in [3.05, 3.63) is 24.4 Å². The van der Waals surface area contributed by atoms with Gasteiger partial charge in [-0.1, -0.05) is 31.9 Å². The SMILES string of the molecule is CC.CSNc1ccccn1. The van der Waals surface area contributed by atoms with Gasteiger partial charge < -0.3 is 4.72 Å². The highest BCUT2D eigenvalue weighted by Gasteiger charge is 1.83. The third-order valence-electron chi connectivity index (χ3n) is 0.872. The van der Waals surface area contributed by atoms with Gasteiger partial charge in [0.25, 0.3) is 0 Å². The lowest BCUT2D eigenvalue weighted by Gasteiger charge is -1.96. The minimum Gasteiger partial charge on any atom is -0.315 e. The van der Waals surface area contributed by atoms with Gasteiger partial charge in [-0.05, 0) is 12.1 Å². The normalized spacial score (nSPS) is 7.91. The molecule has 1 heterocycles. The molecule has 0 aliphatic rings. The number of hydrogen-bond acceptors (Lipinski definition) is 3. The van der Waals surface area contributed by atoms with Gasteiger partial charge in [-0.25, -0.2) is 4.98 Å². The summed E-state index contributed by atoms with van der Waals surface area (Å²) in [5.74, 6) is 0.907. The molecule has 2 nitrogen and oxygen atoms in total. The average molecular weight is 170 g/mol. The molecule has 0 aliphatic heterocycles. The van der Waals surface area contributed by atoms with E-state index in [4.69, 9.17) is 0 Å². The number of aromatic nitrogens is 1. The highest BCUT2D eigenvalue weighted by atomic mass is 32.2. The largest absolute Gasteiger partial charge is 0.315 e. The number of nitrogens with zero attached hydrogens (tertiary/aromatic N) is 1. The van der Waals surface area contributed by atoms with Gasteiger partial charge in [0.1, 0.15) is 5.82 Å². The standard InChI is InChI=1S/C6H8N2S.C2H6/c1-9-8-6-4-2-3-5-7-6;1-2/h2-5H,1H3,(H,7,8);1-2H3. The molecule has 0 bridgehead atoms. The molecule has 0 aromatic carbocycles. The van der Waals surface area contributed by atoms with Gasteiger partial charge in [-0.3, -0.25) is 0 Å². The first-order valence-electron chi connectivity index (χ1n) is 3.63. The van der Waals surface area contributed by atoms with E-state index in [2.05, 4.69) is 9.71 Å². The molecule has 0 saturated carbocycles. The maximum absolute atomic E-state index is 4.04. The summed E-state index contributed by atoms with van der Waals surface area (Å²) in [5, 5.41) is 0. The minimum absolute atomic E-state index is 0.907. The van der Waals surface area contributed by atoms with Crippen LogP contribution in [0.3, 0.4) is 0 Å². The molecule has 0 radical (unpaired) electrons. The Bertz CT molecular complexity index is 165. The molecule has 0 unspecified atom stereocenters. The molecular weight excluding hydrogens is 156 g/mol. The summed E-state index contributed by atoms with van der Waals surface area (Å²) in [6, 6.07) is 5.77. The number of nitrogens with one attached hydrogen (secondary N) is 1. The molecule has 3 heteroatoms. The van der Waals surface area contributed by atoms with Crippen LogP contribution in [0.5, 0.6) is 0 Å². The van der Waals surface area contributed by atoms with Crippen molar-refractivity contribution in [3.8, 4) is 0 Å². The molecule has 62 valence electrons. The van der Waals surface area contributed by atoms with Crippen molar-refractivity contribution in [3.63, 3.8) is 0 Å². The Hall–Kier alpha value is -0.700. The first-order chi connectivity index (χ1) is 5.43. The van der Waals surface area contributed by atoms with Crippen LogP contribution in [0.2, 0.25) is 0 Å². The first-order valence-corrected chi connectivity index (χ1v) is 4.86. The summed E-state index contributed by atoms with van der Waals surface area (Å²) >= 11 is 1.54. The smallest absolute Gasteiger partial charge is 0.135 e.